The van der Waals surface area contributed by atoms with E-state index in [0.717, 1.165) is 25.1 Å². The van der Waals surface area contributed by atoms with Crippen molar-refractivity contribution in [1.29, 1.82) is 0 Å². The van der Waals surface area contributed by atoms with Crippen molar-refractivity contribution in [1.82, 2.24) is 14.7 Å². The van der Waals surface area contributed by atoms with E-state index in [0.29, 0.717) is 12.2 Å². The molecule has 5 nitrogen and oxygen atoms in total. The molecule has 5 heteroatoms. The Morgan fingerprint density at radius 1 is 1.29 bits per heavy atom. The number of hydrogen-bond donors (Lipinski definition) is 0. The molecule has 0 aromatic carbocycles. The van der Waals surface area contributed by atoms with Gasteiger partial charge in [0.2, 0.25) is 0 Å². The number of carbonyl (C=O) groups excluding carboxylic acids is 1. The van der Waals surface area contributed by atoms with E-state index >= 15 is 0 Å². The Kier molecular flexibility index (Phi) is 3.40. The number of rotatable bonds is 1. The van der Waals surface area contributed by atoms with Gasteiger partial charge in [0.15, 0.2) is 0 Å². The van der Waals surface area contributed by atoms with E-state index in [1.165, 1.54) is 7.11 Å². The van der Waals surface area contributed by atoms with Crippen LogP contribution in [0.2, 0.25) is 0 Å². The van der Waals surface area contributed by atoms with E-state index < -0.39 is 0 Å². The summed E-state index contributed by atoms with van der Waals surface area (Å²) < 4.78 is 4.81. The molecule has 0 unspecified atom stereocenters. The average molecular weight is 239 g/mol. The van der Waals surface area contributed by atoms with Gasteiger partial charge in [-0.15, -0.1) is 0 Å². The summed E-state index contributed by atoms with van der Waals surface area (Å²) in [6.45, 7) is 2.10. The fourth-order valence-electron chi connectivity index (χ4n) is 2.85. The number of ether oxygens (including phenoxy) is 1. The van der Waals surface area contributed by atoms with Crippen molar-refractivity contribution in [3.05, 3.63) is 11.8 Å². The molecule has 2 heterocycles. The topological polar surface area (TPSA) is 36.0 Å². The van der Waals surface area contributed by atoms with E-state index in [4.69, 9.17) is 4.74 Å². The molecule has 0 N–H and O–H groups in total. The zero-order chi connectivity index (χ0) is 12.6. The third kappa shape index (κ3) is 2.17. The van der Waals surface area contributed by atoms with Crippen molar-refractivity contribution < 1.29 is 9.53 Å². The van der Waals surface area contributed by atoms with Gasteiger partial charge >= 0.3 is 5.97 Å². The molecular weight excluding hydrogens is 218 g/mol. The molecule has 2 rings (SSSR count). The molecule has 1 fully saturated rings. The lowest BCUT2D eigenvalue weighted by Crippen LogP contribution is -2.63. The third-order valence-corrected chi connectivity index (χ3v) is 3.82. The SMILES string of the molecule is COC(=O)C1=CN(C)[C@@H]2[C@H](C1)N(C)CCN2C. The predicted octanol–water partition coefficient (Wildman–Crippen LogP) is -0.0493. The van der Waals surface area contributed by atoms with Crippen molar-refractivity contribution in [3.8, 4) is 0 Å². The van der Waals surface area contributed by atoms with Crippen molar-refractivity contribution in [2.75, 3.05) is 41.3 Å². The van der Waals surface area contributed by atoms with Crippen LogP contribution in [0.1, 0.15) is 6.42 Å². The van der Waals surface area contributed by atoms with E-state index in [2.05, 4.69) is 28.8 Å². The molecule has 0 radical (unpaired) electrons. The van der Waals surface area contributed by atoms with Crippen LogP contribution in [0.4, 0.5) is 0 Å². The quantitative estimate of drug-likeness (QED) is 0.600. The molecule has 1 saturated heterocycles. The van der Waals surface area contributed by atoms with Gasteiger partial charge in [-0.25, -0.2) is 4.79 Å². The number of likely N-dealkylation sites (N-methyl/N-ethyl adjacent to an activating group) is 3. The largest absolute Gasteiger partial charge is 0.466 e. The van der Waals surface area contributed by atoms with E-state index in [9.17, 15) is 4.79 Å². The third-order valence-electron chi connectivity index (χ3n) is 3.82. The predicted molar refractivity (Wildman–Crippen MR) is 65.3 cm³/mol. The Labute approximate surface area is 103 Å². The smallest absolute Gasteiger partial charge is 0.335 e. The highest BCUT2D eigenvalue weighted by atomic mass is 16.5. The monoisotopic (exact) mass is 239 g/mol. The van der Waals surface area contributed by atoms with Gasteiger partial charge in [-0.2, -0.15) is 0 Å². The zero-order valence-electron chi connectivity index (χ0n) is 11.0. The maximum absolute atomic E-state index is 11.6. The second kappa shape index (κ2) is 4.66. The Bertz CT molecular complexity index is 343. The van der Waals surface area contributed by atoms with Gasteiger partial charge in [0.1, 0.15) is 0 Å². The van der Waals surface area contributed by atoms with Crippen LogP contribution < -0.4 is 0 Å². The maximum Gasteiger partial charge on any atom is 0.335 e. The van der Waals surface area contributed by atoms with Crippen molar-refractivity contribution in [2.45, 2.75) is 18.6 Å². The molecular formula is C12H21N3O2. The summed E-state index contributed by atoms with van der Waals surface area (Å²) in [4.78, 5) is 18.4. The lowest BCUT2D eigenvalue weighted by atomic mass is 9.96. The van der Waals surface area contributed by atoms with Crippen LogP contribution in [0, 0.1) is 0 Å². The van der Waals surface area contributed by atoms with Gasteiger partial charge in [-0.1, -0.05) is 0 Å². The Balaban J connectivity index is 2.24. The lowest BCUT2D eigenvalue weighted by Gasteiger charge is -2.50. The highest BCUT2D eigenvalue weighted by Crippen LogP contribution is 2.28. The number of esters is 1. The molecule has 2 aliphatic heterocycles. The first-order valence-corrected chi connectivity index (χ1v) is 5.96. The second-order valence-corrected chi connectivity index (χ2v) is 4.96. The number of hydrogen-bond acceptors (Lipinski definition) is 5. The van der Waals surface area contributed by atoms with E-state index in [1.54, 1.807) is 0 Å². The van der Waals surface area contributed by atoms with Crippen molar-refractivity contribution in [3.63, 3.8) is 0 Å². The van der Waals surface area contributed by atoms with Gasteiger partial charge in [0.05, 0.1) is 18.8 Å². The molecule has 0 aromatic rings. The number of carbonyl (C=O) groups is 1. The highest BCUT2D eigenvalue weighted by molar-refractivity contribution is 5.88. The molecule has 2 aliphatic rings. The molecule has 0 spiro atoms. The first-order chi connectivity index (χ1) is 8.04. The zero-order valence-corrected chi connectivity index (χ0v) is 11.0. The molecule has 2 atom stereocenters. The molecule has 0 amide bonds. The molecule has 0 aliphatic carbocycles. The van der Waals surface area contributed by atoms with Gasteiger partial charge in [-0.3, -0.25) is 9.80 Å². The van der Waals surface area contributed by atoms with Gasteiger partial charge in [0, 0.05) is 32.4 Å². The van der Waals surface area contributed by atoms with Crippen molar-refractivity contribution >= 4 is 5.97 Å². The first kappa shape index (κ1) is 12.4. The summed E-state index contributed by atoms with van der Waals surface area (Å²) in [5.41, 5.74) is 0.762. The van der Waals surface area contributed by atoms with Crippen LogP contribution in [-0.2, 0) is 9.53 Å². The highest BCUT2D eigenvalue weighted by Gasteiger charge is 2.39. The Morgan fingerprint density at radius 2 is 1.94 bits per heavy atom. The van der Waals surface area contributed by atoms with Gasteiger partial charge < -0.3 is 9.64 Å². The lowest BCUT2D eigenvalue weighted by molar-refractivity contribution is -0.137. The maximum atomic E-state index is 11.6. The van der Waals surface area contributed by atoms with Crippen LogP contribution in [0.5, 0.6) is 0 Å². The van der Waals surface area contributed by atoms with Crippen molar-refractivity contribution in [2.24, 2.45) is 0 Å². The Hall–Kier alpha value is -1.07. The summed E-state index contributed by atoms with van der Waals surface area (Å²) in [6.07, 6.45) is 3.03. The normalized spacial score (nSPS) is 30.8. The van der Waals surface area contributed by atoms with Crippen LogP contribution in [0.15, 0.2) is 11.8 Å². The number of fused-ring (bicyclic) bond motifs is 1. The van der Waals surface area contributed by atoms with Crippen LogP contribution in [0.25, 0.3) is 0 Å². The van der Waals surface area contributed by atoms with Gasteiger partial charge in [-0.05, 0) is 20.5 Å². The number of piperazine rings is 1. The molecule has 0 bridgehead atoms. The minimum Gasteiger partial charge on any atom is -0.466 e. The van der Waals surface area contributed by atoms with Crippen LogP contribution >= 0.6 is 0 Å². The standard InChI is InChI=1S/C12H21N3O2/c1-13-5-6-14(2)11-10(13)7-9(8-15(11)3)12(16)17-4/h8,10-11H,5-7H2,1-4H3/t10-,11+/m0/s1. The minimum atomic E-state index is -0.211. The van der Waals surface area contributed by atoms with E-state index in [-0.39, 0.29) is 5.97 Å². The van der Waals surface area contributed by atoms with Crippen LogP contribution in [0.3, 0.4) is 0 Å². The summed E-state index contributed by atoms with van der Waals surface area (Å²) in [7, 11) is 7.72. The number of nitrogens with zero attached hydrogens (tertiary/aromatic N) is 3. The van der Waals surface area contributed by atoms with E-state index in [1.807, 2.05) is 13.2 Å². The molecule has 96 valence electrons. The summed E-state index contributed by atoms with van der Waals surface area (Å²) >= 11 is 0. The summed E-state index contributed by atoms with van der Waals surface area (Å²) in [5.74, 6) is -0.211. The molecule has 0 saturated carbocycles. The van der Waals surface area contributed by atoms with Gasteiger partial charge in [0.25, 0.3) is 0 Å². The van der Waals surface area contributed by atoms with Crippen LogP contribution in [-0.4, -0.2) is 74.2 Å². The fourth-order valence-corrected chi connectivity index (χ4v) is 2.85. The Morgan fingerprint density at radius 3 is 2.59 bits per heavy atom. The molecule has 17 heavy (non-hydrogen) atoms. The molecule has 0 aromatic heterocycles. The summed E-state index contributed by atoms with van der Waals surface area (Å²) in [5, 5.41) is 0. The first-order valence-electron chi connectivity index (χ1n) is 5.96. The second-order valence-electron chi connectivity index (χ2n) is 4.96. The summed E-state index contributed by atoms with van der Waals surface area (Å²) in [6, 6.07) is 0.359. The minimum absolute atomic E-state index is 0.211. The fraction of sp³-hybridized carbons (Fsp3) is 0.750. The number of methoxy groups -OCH3 is 1. The average Bonchev–Trinajstić information content (AvgIpc) is 2.32.